The molecule has 2 aromatic heterocycles. The van der Waals surface area contributed by atoms with E-state index < -0.39 is 5.97 Å². The summed E-state index contributed by atoms with van der Waals surface area (Å²) in [6, 6.07) is 16.1. The van der Waals surface area contributed by atoms with Crippen molar-refractivity contribution >= 4 is 34.9 Å². The number of nitrogens with zero attached hydrogens (tertiary/aromatic N) is 6. The van der Waals surface area contributed by atoms with Gasteiger partial charge in [0.1, 0.15) is 11.3 Å². The number of aryl methyl sites for hydroxylation is 2. The van der Waals surface area contributed by atoms with Crippen LogP contribution in [-0.2, 0) is 13.0 Å². The van der Waals surface area contributed by atoms with Crippen LogP contribution in [0.4, 0.5) is 15.3 Å². The fourth-order valence-electron chi connectivity index (χ4n) is 5.40. The Balaban J connectivity index is 1.48. The Hall–Kier alpha value is -4.73. The maximum atomic E-state index is 13.3. The van der Waals surface area contributed by atoms with Crippen molar-refractivity contribution < 1.29 is 19.5 Å². The minimum Gasteiger partial charge on any atom is -0.478 e. The minimum atomic E-state index is -0.954. The molecule has 218 valence electrons. The number of anilines is 1. The fourth-order valence-corrected chi connectivity index (χ4v) is 5.40. The molecule has 3 heterocycles. The van der Waals surface area contributed by atoms with Crippen molar-refractivity contribution in [3.8, 4) is 11.1 Å². The van der Waals surface area contributed by atoms with Gasteiger partial charge in [0.2, 0.25) is 0 Å². The molecule has 0 bridgehead atoms. The van der Waals surface area contributed by atoms with Gasteiger partial charge in [-0.1, -0.05) is 55.8 Å². The Morgan fingerprint density at radius 1 is 1.02 bits per heavy atom. The highest BCUT2D eigenvalue weighted by Gasteiger charge is 2.33. The highest BCUT2D eigenvalue weighted by atomic mass is 16.4. The van der Waals surface area contributed by atoms with Gasteiger partial charge >= 0.3 is 18.0 Å². The predicted molar refractivity (Wildman–Crippen MR) is 162 cm³/mol. The molecule has 1 saturated heterocycles. The number of carboxylic acid groups (broad SMARTS) is 1. The summed E-state index contributed by atoms with van der Waals surface area (Å²) in [5.41, 5.74) is 5.63. The second-order valence-electron chi connectivity index (χ2n) is 10.8. The van der Waals surface area contributed by atoms with Gasteiger partial charge in [0.15, 0.2) is 5.65 Å². The molecule has 42 heavy (non-hydrogen) atoms. The normalized spacial score (nSPS) is 13.6. The van der Waals surface area contributed by atoms with E-state index in [1.54, 1.807) is 31.1 Å². The van der Waals surface area contributed by atoms with Gasteiger partial charge in [-0.15, -0.1) is 0 Å². The quantitative estimate of drug-likeness (QED) is 0.287. The lowest BCUT2D eigenvalue weighted by molar-refractivity contribution is 0.0697. The number of imidazole rings is 1. The number of fused-ring (bicyclic) bond motifs is 1. The average Bonchev–Trinajstić information content (AvgIpc) is 3.31. The Morgan fingerprint density at radius 2 is 1.76 bits per heavy atom. The number of aromatic nitrogens is 3. The Bertz CT molecular complexity index is 1640. The van der Waals surface area contributed by atoms with E-state index in [4.69, 9.17) is 9.97 Å². The van der Waals surface area contributed by atoms with Gasteiger partial charge in [0.05, 0.1) is 23.5 Å². The van der Waals surface area contributed by atoms with Crippen LogP contribution in [0.3, 0.4) is 0 Å². The van der Waals surface area contributed by atoms with Crippen LogP contribution in [-0.4, -0.2) is 74.7 Å². The predicted octanol–water partition coefficient (Wildman–Crippen LogP) is 5.81. The van der Waals surface area contributed by atoms with Crippen molar-refractivity contribution in [1.82, 2.24) is 24.3 Å². The molecular formula is C32H36N6O4. The van der Waals surface area contributed by atoms with Crippen molar-refractivity contribution in [2.45, 2.75) is 46.1 Å². The van der Waals surface area contributed by atoms with Crippen molar-refractivity contribution in [1.29, 1.82) is 0 Å². The number of amides is 4. The second kappa shape index (κ2) is 12.0. The first-order chi connectivity index (χ1) is 20.2. The Morgan fingerprint density at radius 3 is 2.45 bits per heavy atom. The van der Waals surface area contributed by atoms with E-state index in [1.807, 2.05) is 49.4 Å². The molecule has 1 N–H and O–H groups in total. The highest BCUT2D eigenvalue weighted by Crippen LogP contribution is 2.29. The monoisotopic (exact) mass is 568 g/mol. The van der Waals surface area contributed by atoms with Crippen LogP contribution in [0.15, 0.2) is 54.6 Å². The van der Waals surface area contributed by atoms with Gasteiger partial charge in [-0.25, -0.2) is 29.3 Å². The molecule has 0 radical (unpaired) electrons. The third-order valence-electron chi connectivity index (χ3n) is 7.61. The first-order valence-corrected chi connectivity index (χ1v) is 14.3. The fraction of sp³-hybridized carbons (Fsp3) is 0.344. The number of carboxylic acids is 1. The maximum absolute atomic E-state index is 13.3. The lowest BCUT2D eigenvalue weighted by Crippen LogP contribution is -2.54. The smallest absolute Gasteiger partial charge is 0.336 e. The molecule has 1 aliphatic rings. The number of urea groups is 2. The number of unbranched alkanes of at least 4 members (excludes halogenated alkanes) is 1. The SMILES string of the molecule is CCCCc1nc2cc(N3CCCN(C(=O)N(C)C)C3=O)c(C)nc2n1Cc1ccc(-c2ccccc2C(=O)O)cc1. The number of rotatable bonds is 8. The number of carbonyl (C=O) groups excluding carboxylic acids is 2. The standard InChI is InChI=1S/C32H36N6O4/c1-5-6-12-28-34-26-19-27(36-17-9-18-37(32(36)42)31(41)35(3)4)21(2)33-29(26)38(28)20-22-13-15-23(16-14-22)24-10-7-8-11-25(24)30(39)40/h7-8,10-11,13-16,19H,5-6,9,12,17-18,20H2,1-4H3,(H,39,40). The number of hydrogen-bond acceptors (Lipinski definition) is 5. The van der Waals surface area contributed by atoms with Crippen molar-refractivity contribution in [3.63, 3.8) is 0 Å². The molecular weight excluding hydrogens is 532 g/mol. The van der Waals surface area contributed by atoms with E-state index in [0.29, 0.717) is 48.5 Å². The number of carbonyl (C=O) groups is 3. The third-order valence-corrected chi connectivity index (χ3v) is 7.61. The zero-order valence-electron chi connectivity index (χ0n) is 24.5. The van der Waals surface area contributed by atoms with Crippen LogP contribution >= 0.6 is 0 Å². The molecule has 4 amide bonds. The van der Waals surface area contributed by atoms with Gasteiger partial charge in [0, 0.05) is 33.6 Å². The van der Waals surface area contributed by atoms with E-state index in [-0.39, 0.29) is 17.6 Å². The summed E-state index contributed by atoms with van der Waals surface area (Å²) in [5.74, 6) is -0.0326. The topological polar surface area (TPSA) is 112 Å². The van der Waals surface area contributed by atoms with Crippen molar-refractivity contribution in [2.75, 3.05) is 32.1 Å². The van der Waals surface area contributed by atoms with Crippen LogP contribution in [0.5, 0.6) is 0 Å². The lowest BCUT2D eigenvalue weighted by Gasteiger charge is -2.35. The molecule has 10 nitrogen and oxygen atoms in total. The Labute approximate surface area is 245 Å². The van der Waals surface area contributed by atoms with Gasteiger partial charge in [-0.3, -0.25) is 4.90 Å². The number of benzene rings is 2. The molecule has 1 aliphatic heterocycles. The molecule has 0 aliphatic carbocycles. The zero-order valence-corrected chi connectivity index (χ0v) is 24.5. The third kappa shape index (κ3) is 5.57. The number of aromatic carboxylic acids is 1. The summed E-state index contributed by atoms with van der Waals surface area (Å²) < 4.78 is 2.13. The summed E-state index contributed by atoms with van der Waals surface area (Å²) in [6.45, 7) is 5.47. The molecule has 10 heteroatoms. The van der Waals surface area contributed by atoms with Gasteiger partial charge in [-0.2, -0.15) is 0 Å². The van der Waals surface area contributed by atoms with Crippen LogP contribution in [0.25, 0.3) is 22.3 Å². The number of pyridine rings is 1. The largest absolute Gasteiger partial charge is 0.478 e. The second-order valence-corrected chi connectivity index (χ2v) is 10.8. The molecule has 2 aromatic carbocycles. The molecule has 0 unspecified atom stereocenters. The van der Waals surface area contributed by atoms with E-state index in [0.717, 1.165) is 41.9 Å². The first kappa shape index (κ1) is 28.8. The molecule has 5 rings (SSSR count). The van der Waals surface area contributed by atoms with Gasteiger partial charge in [0.25, 0.3) is 0 Å². The molecule has 0 saturated carbocycles. The maximum Gasteiger partial charge on any atom is 0.336 e. The summed E-state index contributed by atoms with van der Waals surface area (Å²) in [5, 5.41) is 9.60. The van der Waals surface area contributed by atoms with Crippen molar-refractivity contribution in [3.05, 3.63) is 77.2 Å². The lowest BCUT2D eigenvalue weighted by atomic mass is 9.99. The van der Waals surface area contributed by atoms with E-state index >= 15 is 0 Å². The minimum absolute atomic E-state index is 0.268. The highest BCUT2D eigenvalue weighted by molar-refractivity contribution is 6.03. The van der Waals surface area contributed by atoms with Crippen LogP contribution in [0.1, 0.15) is 53.6 Å². The zero-order chi connectivity index (χ0) is 30.0. The number of hydrogen-bond donors (Lipinski definition) is 1. The summed E-state index contributed by atoms with van der Waals surface area (Å²) in [4.78, 5) is 51.8. The van der Waals surface area contributed by atoms with E-state index in [9.17, 15) is 19.5 Å². The molecule has 4 aromatic rings. The van der Waals surface area contributed by atoms with Crippen LogP contribution in [0, 0.1) is 6.92 Å². The van der Waals surface area contributed by atoms with Gasteiger partial charge < -0.3 is 14.6 Å². The van der Waals surface area contributed by atoms with Crippen molar-refractivity contribution in [2.24, 2.45) is 0 Å². The molecule has 1 fully saturated rings. The van der Waals surface area contributed by atoms with E-state index in [2.05, 4.69) is 11.5 Å². The molecule has 0 atom stereocenters. The Kier molecular flexibility index (Phi) is 8.24. The molecule has 0 spiro atoms. The number of imide groups is 1. The van der Waals surface area contributed by atoms with E-state index in [1.165, 1.54) is 9.80 Å². The summed E-state index contributed by atoms with van der Waals surface area (Å²) in [6.07, 6.45) is 3.47. The average molecular weight is 569 g/mol. The van der Waals surface area contributed by atoms with Crippen LogP contribution in [0.2, 0.25) is 0 Å². The summed E-state index contributed by atoms with van der Waals surface area (Å²) in [7, 11) is 3.28. The summed E-state index contributed by atoms with van der Waals surface area (Å²) >= 11 is 0. The first-order valence-electron chi connectivity index (χ1n) is 14.3. The van der Waals surface area contributed by atoms with Gasteiger partial charge in [-0.05, 0) is 48.6 Å². The van der Waals surface area contributed by atoms with Crippen LogP contribution < -0.4 is 4.90 Å².